The van der Waals surface area contributed by atoms with Gasteiger partial charge in [-0.1, -0.05) is 19.4 Å². The van der Waals surface area contributed by atoms with Crippen LogP contribution in [0, 0.1) is 11.8 Å². The molecule has 0 spiro atoms. The second kappa shape index (κ2) is 12.4. The number of piperidine rings is 1. The summed E-state index contributed by atoms with van der Waals surface area (Å²) in [4.78, 5) is 8.79. The van der Waals surface area contributed by atoms with Crippen LogP contribution >= 0.6 is 11.3 Å². The van der Waals surface area contributed by atoms with Crippen LogP contribution in [-0.2, 0) is 0 Å². The van der Waals surface area contributed by atoms with Gasteiger partial charge < -0.3 is 15.7 Å². The molecule has 5 nitrogen and oxygen atoms in total. The summed E-state index contributed by atoms with van der Waals surface area (Å²) in [6.07, 6.45) is 5.61. The zero-order valence-corrected chi connectivity index (χ0v) is 18.1. The predicted molar refractivity (Wildman–Crippen MR) is 116 cm³/mol. The minimum atomic E-state index is 0.251. The highest BCUT2D eigenvalue weighted by atomic mass is 32.1. The van der Waals surface area contributed by atoms with Gasteiger partial charge in [-0.3, -0.25) is 9.89 Å². The maximum absolute atomic E-state index is 9.27. The zero-order chi connectivity index (χ0) is 19.5. The number of nitrogens with one attached hydrogen (secondary N) is 2. The van der Waals surface area contributed by atoms with Gasteiger partial charge in [0.1, 0.15) is 0 Å². The number of aliphatic imine (C=N–C) groups is 1. The Morgan fingerprint density at radius 2 is 2.22 bits per heavy atom. The molecule has 3 atom stereocenters. The number of thiophene rings is 1. The van der Waals surface area contributed by atoms with Crippen LogP contribution in [0.2, 0.25) is 0 Å². The van der Waals surface area contributed by atoms with Gasteiger partial charge in [-0.2, -0.15) is 0 Å². The van der Waals surface area contributed by atoms with E-state index in [0.717, 1.165) is 44.9 Å². The molecule has 154 valence electrons. The maximum atomic E-state index is 9.27. The Hall–Kier alpha value is -1.11. The lowest BCUT2D eigenvalue weighted by atomic mass is 9.88. The number of rotatable bonds is 10. The first-order valence-electron chi connectivity index (χ1n) is 10.6. The maximum Gasteiger partial charge on any atom is 0.191 e. The van der Waals surface area contributed by atoms with Crippen molar-refractivity contribution in [2.24, 2.45) is 16.8 Å². The van der Waals surface area contributed by atoms with Gasteiger partial charge in [0.05, 0.1) is 0 Å². The molecule has 1 aliphatic rings. The van der Waals surface area contributed by atoms with Crippen molar-refractivity contribution in [1.82, 2.24) is 15.5 Å². The Morgan fingerprint density at radius 3 is 2.89 bits per heavy atom. The lowest BCUT2D eigenvalue weighted by Crippen LogP contribution is -2.45. The number of likely N-dealkylation sites (tertiary alicyclic amines) is 1. The van der Waals surface area contributed by atoms with Crippen LogP contribution in [-0.4, -0.2) is 55.8 Å². The number of hydrogen-bond acceptors (Lipinski definition) is 4. The van der Waals surface area contributed by atoms with Gasteiger partial charge in [0.2, 0.25) is 0 Å². The van der Waals surface area contributed by atoms with Crippen molar-refractivity contribution in [2.45, 2.75) is 52.0 Å². The van der Waals surface area contributed by atoms with Crippen LogP contribution in [0.4, 0.5) is 0 Å². The summed E-state index contributed by atoms with van der Waals surface area (Å²) in [6.45, 7) is 8.32. The molecule has 1 aromatic rings. The van der Waals surface area contributed by atoms with Gasteiger partial charge in [-0.15, -0.1) is 11.3 Å². The second-order valence-corrected chi connectivity index (χ2v) is 8.59. The normalized spacial score (nSPS) is 22.6. The van der Waals surface area contributed by atoms with E-state index in [4.69, 9.17) is 4.99 Å². The van der Waals surface area contributed by atoms with E-state index >= 15 is 0 Å². The lowest BCUT2D eigenvalue weighted by molar-refractivity contribution is 0.125. The third kappa shape index (κ3) is 7.09. The fraction of sp³-hybridized carbons (Fsp3) is 0.762. The fourth-order valence-corrected chi connectivity index (χ4v) is 5.07. The van der Waals surface area contributed by atoms with E-state index in [9.17, 15) is 5.11 Å². The van der Waals surface area contributed by atoms with Crippen molar-refractivity contribution >= 4 is 17.3 Å². The molecule has 0 amide bonds. The van der Waals surface area contributed by atoms with Gasteiger partial charge in [-0.25, -0.2) is 0 Å². The third-order valence-electron chi connectivity index (χ3n) is 5.46. The quantitative estimate of drug-likeness (QED) is 0.420. The van der Waals surface area contributed by atoms with E-state index in [0.29, 0.717) is 17.9 Å². The first-order valence-corrected chi connectivity index (χ1v) is 11.4. The number of aliphatic hydroxyl groups is 1. The number of aliphatic hydroxyl groups excluding tert-OH is 1. The van der Waals surface area contributed by atoms with Crippen molar-refractivity contribution in [3.63, 3.8) is 0 Å². The van der Waals surface area contributed by atoms with Gasteiger partial charge in [0.15, 0.2) is 5.96 Å². The van der Waals surface area contributed by atoms with E-state index in [1.54, 1.807) is 0 Å². The van der Waals surface area contributed by atoms with E-state index in [-0.39, 0.29) is 6.61 Å². The van der Waals surface area contributed by atoms with E-state index in [1.165, 1.54) is 24.3 Å². The third-order valence-corrected chi connectivity index (χ3v) is 6.40. The smallest absolute Gasteiger partial charge is 0.191 e. The van der Waals surface area contributed by atoms with Crippen molar-refractivity contribution in [1.29, 1.82) is 0 Å². The van der Waals surface area contributed by atoms with Gasteiger partial charge >= 0.3 is 0 Å². The minimum absolute atomic E-state index is 0.251. The minimum Gasteiger partial charge on any atom is -0.396 e. The molecule has 2 rings (SSSR count). The molecular formula is C21H38N4OS. The summed E-state index contributed by atoms with van der Waals surface area (Å²) in [5.74, 6) is 1.97. The molecule has 6 heteroatoms. The molecule has 1 aliphatic heterocycles. The van der Waals surface area contributed by atoms with Crippen molar-refractivity contribution < 1.29 is 5.11 Å². The average molecular weight is 395 g/mol. The summed E-state index contributed by atoms with van der Waals surface area (Å²) < 4.78 is 0. The standard InChI is InChI=1S/C21H38N4OS/c1-4-8-17(11-13-26)15-23-21(22-5-2)24-16-18-9-6-12-25(3)20(18)19-10-7-14-27-19/h7,10,14,17-18,20,26H,4-6,8-9,11-13,15-16H2,1-3H3,(H2,22,23,24). The molecule has 0 aromatic carbocycles. The van der Waals surface area contributed by atoms with Crippen LogP contribution in [0.1, 0.15) is 56.9 Å². The van der Waals surface area contributed by atoms with Crippen LogP contribution in [0.3, 0.4) is 0 Å². The van der Waals surface area contributed by atoms with Crippen molar-refractivity contribution in [3.05, 3.63) is 22.4 Å². The fourth-order valence-electron chi connectivity index (χ4n) is 4.09. The summed E-state index contributed by atoms with van der Waals surface area (Å²) in [7, 11) is 2.25. The van der Waals surface area contributed by atoms with Crippen LogP contribution in [0.15, 0.2) is 22.5 Å². The van der Waals surface area contributed by atoms with Crippen LogP contribution < -0.4 is 10.6 Å². The molecule has 3 unspecified atom stereocenters. The average Bonchev–Trinajstić information content (AvgIpc) is 3.18. The monoisotopic (exact) mass is 394 g/mol. The van der Waals surface area contributed by atoms with E-state index in [1.807, 2.05) is 11.3 Å². The van der Waals surface area contributed by atoms with Crippen molar-refractivity contribution in [3.8, 4) is 0 Å². The lowest BCUT2D eigenvalue weighted by Gasteiger charge is -2.39. The molecule has 1 fully saturated rings. The molecule has 0 aliphatic carbocycles. The number of hydrogen-bond donors (Lipinski definition) is 3. The summed E-state index contributed by atoms with van der Waals surface area (Å²) in [5, 5.41) is 18.4. The summed E-state index contributed by atoms with van der Waals surface area (Å²) >= 11 is 1.87. The molecule has 0 saturated carbocycles. The topological polar surface area (TPSA) is 59.9 Å². The first-order chi connectivity index (χ1) is 13.2. The first kappa shape index (κ1) is 22.2. The second-order valence-electron chi connectivity index (χ2n) is 7.61. The van der Waals surface area contributed by atoms with Gasteiger partial charge in [-0.05, 0) is 69.5 Å². The molecular weight excluding hydrogens is 356 g/mol. The Bertz CT molecular complexity index is 528. The van der Waals surface area contributed by atoms with E-state index < -0.39 is 0 Å². The molecule has 27 heavy (non-hydrogen) atoms. The molecule has 1 aromatic heterocycles. The summed E-state index contributed by atoms with van der Waals surface area (Å²) in [5.41, 5.74) is 0. The summed E-state index contributed by atoms with van der Waals surface area (Å²) in [6, 6.07) is 4.93. The SMILES string of the molecule is CCCC(CCO)CN=C(NCC)NCC1CCCN(C)C1c1cccs1. The largest absolute Gasteiger partial charge is 0.396 e. The molecule has 2 heterocycles. The van der Waals surface area contributed by atoms with Gasteiger partial charge in [0.25, 0.3) is 0 Å². The van der Waals surface area contributed by atoms with Gasteiger partial charge in [0, 0.05) is 37.2 Å². The highest BCUT2D eigenvalue weighted by Gasteiger charge is 2.31. The van der Waals surface area contributed by atoms with Crippen LogP contribution in [0.25, 0.3) is 0 Å². The zero-order valence-electron chi connectivity index (χ0n) is 17.3. The number of guanidine groups is 1. The Morgan fingerprint density at radius 1 is 1.37 bits per heavy atom. The highest BCUT2D eigenvalue weighted by molar-refractivity contribution is 7.10. The Balaban J connectivity index is 1.97. The highest BCUT2D eigenvalue weighted by Crippen LogP contribution is 2.36. The number of nitrogens with zero attached hydrogens (tertiary/aromatic N) is 2. The van der Waals surface area contributed by atoms with Crippen LogP contribution in [0.5, 0.6) is 0 Å². The molecule has 0 radical (unpaired) electrons. The molecule has 1 saturated heterocycles. The molecule has 3 N–H and O–H groups in total. The molecule has 0 bridgehead atoms. The predicted octanol–water partition coefficient (Wildman–Crippen LogP) is 3.48. The van der Waals surface area contributed by atoms with Crippen molar-refractivity contribution in [2.75, 3.05) is 39.8 Å². The van der Waals surface area contributed by atoms with E-state index in [2.05, 4.69) is 53.9 Å². The Kier molecular flexibility index (Phi) is 10.2. The Labute approximate surface area is 169 Å².